The van der Waals surface area contributed by atoms with Crippen molar-refractivity contribution in [3.8, 4) is 6.19 Å². The van der Waals surface area contributed by atoms with Crippen molar-refractivity contribution in [2.45, 2.75) is 25.8 Å². The van der Waals surface area contributed by atoms with Gasteiger partial charge in [-0.25, -0.2) is 10.9 Å². The molecule has 0 aliphatic heterocycles. The topological polar surface area (TPSA) is 62.3 Å². The molecule has 2 N–H and O–H groups in total. The highest BCUT2D eigenvalue weighted by atomic mass is 28.4. The van der Waals surface area contributed by atoms with Crippen molar-refractivity contribution in [3.63, 3.8) is 0 Å². The van der Waals surface area contributed by atoms with Gasteiger partial charge in [0.2, 0.25) is 0 Å². The molecule has 0 unspecified atom stereocenters. The van der Waals surface area contributed by atoms with Crippen LogP contribution < -0.4 is 16.2 Å². The molecule has 0 saturated carbocycles. The normalized spacial score (nSPS) is 11.8. The summed E-state index contributed by atoms with van der Waals surface area (Å²) in [6, 6.07) is 20.9. The lowest BCUT2D eigenvalue weighted by atomic mass is 10.2. The first-order chi connectivity index (χ1) is 11.4. The van der Waals surface area contributed by atoms with E-state index in [0.29, 0.717) is 13.2 Å². The Morgan fingerprint density at radius 1 is 1.00 bits per heavy atom. The van der Waals surface area contributed by atoms with Gasteiger partial charge in [0.05, 0.1) is 13.2 Å². The van der Waals surface area contributed by atoms with E-state index in [1.165, 1.54) is 10.4 Å². The van der Waals surface area contributed by atoms with Crippen LogP contribution in [-0.4, -0.2) is 26.5 Å². The average molecular weight is 340 g/mol. The summed E-state index contributed by atoms with van der Waals surface area (Å²) in [6.45, 7) is 7.47. The Kier molecular flexibility index (Phi) is 5.78. The lowest BCUT2D eigenvalue weighted by Crippen LogP contribution is -2.67. The molecule has 2 aromatic rings. The van der Waals surface area contributed by atoms with Gasteiger partial charge in [0.15, 0.2) is 6.19 Å². The molecule has 4 nitrogen and oxygen atoms in total. The van der Waals surface area contributed by atoms with Crippen molar-refractivity contribution in [3.05, 3.63) is 60.7 Å². The highest BCUT2D eigenvalue weighted by Crippen LogP contribution is 2.36. The van der Waals surface area contributed by atoms with Crippen LogP contribution in [0.15, 0.2) is 60.7 Å². The third-order valence-electron chi connectivity index (χ3n) is 4.20. The maximum atomic E-state index is 8.86. The first-order valence-electron chi connectivity index (χ1n) is 8.09. The second-order valence-electron chi connectivity index (χ2n) is 6.81. The molecule has 0 amide bonds. The Hall–Kier alpha value is -2.13. The summed E-state index contributed by atoms with van der Waals surface area (Å²) in [5.41, 5.74) is 0. The van der Waals surface area contributed by atoms with Crippen molar-refractivity contribution >= 4 is 18.7 Å². The van der Waals surface area contributed by atoms with Gasteiger partial charge in [-0.15, -0.1) is 0 Å². The van der Waals surface area contributed by atoms with Crippen LogP contribution in [0.1, 0.15) is 20.8 Å². The monoisotopic (exact) mass is 339 g/mol. The second-order valence-corrected chi connectivity index (χ2v) is 11.1. The van der Waals surface area contributed by atoms with Crippen molar-refractivity contribution in [2.75, 3.05) is 13.2 Å². The molecule has 0 aliphatic rings. The van der Waals surface area contributed by atoms with Crippen LogP contribution in [-0.2, 0) is 4.43 Å². The predicted octanol–water partition coefficient (Wildman–Crippen LogP) is 2.22. The molecular weight excluding hydrogens is 314 g/mol. The first-order valence-corrected chi connectivity index (χ1v) is 9.99. The molecule has 0 fully saturated rings. The van der Waals surface area contributed by atoms with Crippen LogP contribution >= 0.6 is 0 Å². The van der Waals surface area contributed by atoms with Crippen LogP contribution in [0.2, 0.25) is 5.04 Å². The molecule has 0 spiro atoms. The van der Waals surface area contributed by atoms with E-state index in [1.54, 1.807) is 0 Å². The van der Waals surface area contributed by atoms with Crippen LogP contribution in [0.25, 0.3) is 0 Å². The number of nitrogens with two attached hydrogens (primary N) is 1. The lowest BCUT2D eigenvalue weighted by Gasteiger charge is -2.43. The molecular formula is C19H25N3OSi. The van der Waals surface area contributed by atoms with Crippen LogP contribution in [0.3, 0.4) is 0 Å². The largest absolute Gasteiger partial charge is 0.406 e. The quantitative estimate of drug-likeness (QED) is 0.288. The van der Waals surface area contributed by atoms with Crippen LogP contribution in [0.4, 0.5) is 0 Å². The minimum atomic E-state index is -2.52. The minimum absolute atomic E-state index is 0.0677. The number of nitriles is 1. The zero-order valence-corrected chi connectivity index (χ0v) is 15.6. The summed E-state index contributed by atoms with van der Waals surface area (Å²) >= 11 is 0. The SMILES string of the molecule is CC(C)(C)[Si](OCCN(N)C#N)(c1ccccc1)c1ccccc1. The molecule has 0 radical (unpaired) electrons. The van der Waals surface area contributed by atoms with Gasteiger partial charge in [-0.05, 0) is 15.4 Å². The summed E-state index contributed by atoms with van der Waals surface area (Å²) < 4.78 is 6.60. The molecule has 126 valence electrons. The Morgan fingerprint density at radius 3 is 1.83 bits per heavy atom. The van der Waals surface area contributed by atoms with Crippen molar-refractivity contribution in [1.82, 2.24) is 5.01 Å². The zero-order chi connectivity index (χ0) is 17.6. The van der Waals surface area contributed by atoms with E-state index >= 15 is 0 Å². The number of hydrogen-bond acceptors (Lipinski definition) is 4. The van der Waals surface area contributed by atoms with E-state index < -0.39 is 8.32 Å². The zero-order valence-electron chi connectivity index (χ0n) is 14.6. The number of rotatable bonds is 6. The third-order valence-corrected chi connectivity index (χ3v) is 9.24. The van der Waals surface area contributed by atoms with E-state index in [9.17, 15) is 0 Å². The van der Waals surface area contributed by atoms with Crippen LogP contribution in [0.5, 0.6) is 0 Å². The van der Waals surface area contributed by atoms with E-state index in [-0.39, 0.29) is 5.04 Å². The Morgan fingerprint density at radius 2 is 1.46 bits per heavy atom. The standard InChI is InChI=1S/C19H25N3OSi/c1-19(2,3)24(17-10-6-4-7-11-17,18-12-8-5-9-13-18)23-15-14-22(21)16-20/h4-13H,14-15,21H2,1-3H3. The number of benzene rings is 2. The maximum Gasteiger partial charge on any atom is 0.261 e. The van der Waals surface area contributed by atoms with Gasteiger partial charge >= 0.3 is 0 Å². The van der Waals surface area contributed by atoms with Crippen molar-refractivity contribution in [1.29, 1.82) is 5.26 Å². The van der Waals surface area contributed by atoms with E-state index in [4.69, 9.17) is 15.5 Å². The summed E-state index contributed by atoms with van der Waals surface area (Å²) in [5.74, 6) is 5.60. The summed E-state index contributed by atoms with van der Waals surface area (Å²) in [5, 5.41) is 12.4. The van der Waals surface area contributed by atoms with Crippen molar-refractivity contribution < 1.29 is 4.43 Å². The molecule has 24 heavy (non-hydrogen) atoms. The van der Waals surface area contributed by atoms with Gasteiger partial charge < -0.3 is 4.43 Å². The van der Waals surface area contributed by atoms with Crippen LogP contribution in [0, 0.1) is 11.5 Å². The summed E-state index contributed by atoms with van der Waals surface area (Å²) in [4.78, 5) is 0. The van der Waals surface area contributed by atoms with E-state index in [1.807, 2.05) is 18.3 Å². The molecule has 2 rings (SSSR count). The average Bonchev–Trinajstić information content (AvgIpc) is 2.59. The second kappa shape index (κ2) is 7.62. The molecule has 0 bridgehead atoms. The van der Waals surface area contributed by atoms with Gasteiger partial charge in [0.1, 0.15) is 0 Å². The minimum Gasteiger partial charge on any atom is -0.406 e. The smallest absolute Gasteiger partial charge is 0.261 e. The Bertz CT molecular complexity index is 638. The highest BCUT2D eigenvalue weighted by Gasteiger charge is 2.49. The molecule has 2 aromatic carbocycles. The van der Waals surface area contributed by atoms with Gasteiger partial charge in [-0.1, -0.05) is 81.4 Å². The van der Waals surface area contributed by atoms with Gasteiger partial charge in [0, 0.05) is 0 Å². The fourth-order valence-corrected chi connectivity index (χ4v) is 7.66. The van der Waals surface area contributed by atoms with Gasteiger partial charge in [0.25, 0.3) is 8.32 Å². The van der Waals surface area contributed by atoms with Gasteiger partial charge in [-0.2, -0.15) is 5.26 Å². The number of hydrogen-bond donors (Lipinski definition) is 1. The number of hydrazine groups is 1. The van der Waals surface area contributed by atoms with E-state index in [2.05, 4.69) is 69.3 Å². The predicted molar refractivity (Wildman–Crippen MR) is 100 cm³/mol. The summed E-state index contributed by atoms with van der Waals surface area (Å²) in [6.07, 6.45) is 1.92. The third kappa shape index (κ3) is 3.67. The fraction of sp³-hybridized carbons (Fsp3) is 0.316. The van der Waals surface area contributed by atoms with E-state index in [0.717, 1.165) is 5.01 Å². The first kappa shape index (κ1) is 18.2. The highest BCUT2D eigenvalue weighted by molar-refractivity contribution is 6.99. The maximum absolute atomic E-state index is 8.86. The Labute approximate surface area is 145 Å². The molecule has 0 saturated heterocycles. The van der Waals surface area contributed by atoms with Crippen molar-refractivity contribution in [2.24, 2.45) is 5.84 Å². The fourth-order valence-electron chi connectivity index (χ4n) is 3.11. The molecule has 0 atom stereocenters. The molecule has 0 aliphatic carbocycles. The molecule has 0 heterocycles. The summed E-state index contributed by atoms with van der Waals surface area (Å²) in [7, 11) is -2.52. The molecule has 5 heteroatoms. The lowest BCUT2D eigenvalue weighted by molar-refractivity contribution is 0.250. The molecule has 0 aromatic heterocycles. The van der Waals surface area contributed by atoms with Gasteiger partial charge in [-0.3, -0.25) is 0 Å². The Balaban J connectivity index is 2.52. The number of nitrogens with zero attached hydrogens (tertiary/aromatic N) is 2.